The molecule has 1 fully saturated rings. The highest BCUT2D eigenvalue weighted by Crippen LogP contribution is 2.37. The van der Waals surface area contributed by atoms with E-state index in [-0.39, 0.29) is 18.2 Å². The maximum atomic E-state index is 12.7. The van der Waals surface area contributed by atoms with Gasteiger partial charge in [-0.05, 0) is 30.3 Å². The van der Waals surface area contributed by atoms with E-state index in [0.717, 1.165) is 11.3 Å². The predicted octanol–water partition coefficient (Wildman–Crippen LogP) is 3.29. The average Bonchev–Trinajstić information content (AvgIpc) is 3.45. The second-order valence-corrected chi connectivity index (χ2v) is 6.97. The van der Waals surface area contributed by atoms with Crippen molar-refractivity contribution >= 4 is 11.6 Å². The van der Waals surface area contributed by atoms with Crippen LogP contribution in [0.15, 0.2) is 40.9 Å². The standard InChI is InChI=1S/C22H23N3O6/c1-27-16-7-5-13(9-18(16)29-3)21-23-22(31-24-21)14-10-20(26)25(12-14)15-6-8-17(28-2)19(11-15)30-4/h5-9,11,14H,10,12H2,1-4H3/t14-/m0/s1. The number of hydrogen-bond acceptors (Lipinski definition) is 8. The molecule has 31 heavy (non-hydrogen) atoms. The Morgan fingerprint density at radius 1 is 0.903 bits per heavy atom. The van der Waals surface area contributed by atoms with Crippen LogP contribution in [0, 0.1) is 0 Å². The molecule has 0 bridgehead atoms. The molecule has 1 saturated heterocycles. The number of anilines is 1. The number of ether oxygens (including phenoxy) is 4. The lowest BCUT2D eigenvalue weighted by atomic mass is 10.1. The number of methoxy groups -OCH3 is 4. The Labute approximate surface area is 179 Å². The van der Waals surface area contributed by atoms with Crippen molar-refractivity contribution in [1.29, 1.82) is 0 Å². The van der Waals surface area contributed by atoms with E-state index in [1.54, 1.807) is 57.6 Å². The summed E-state index contributed by atoms with van der Waals surface area (Å²) in [4.78, 5) is 18.9. The molecular weight excluding hydrogens is 402 g/mol. The van der Waals surface area contributed by atoms with Crippen molar-refractivity contribution in [2.75, 3.05) is 39.9 Å². The minimum absolute atomic E-state index is 0.0249. The molecule has 1 aliphatic rings. The summed E-state index contributed by atoms with van der Waals surface area (Å²) in [5, 5.41) is 4.09. The number of benzene rings is 2. The molecule has 9 nitrogen and oxygen atoms in total. The first-order valence-corrected chi connectivity index (χ1v) is 9.66. The van der Waals surface area contributed by atoms with Gasteiger partial charge in [-0.2, -0.15) is 4.98 Å². The van der Waals surface area contributed by atoms with Crippen molar-refractivity contribution in [3.8, 4) is 34.4 Å². The molecular formula is C22H23N3O6. The SMILES string of the molecule is COc1ccc(-c2noc([C@H]3CC(=O)N(c4ccc(OC)c(OC)c4)C3)n2)cc1OC. The summed E-state index contributed by atoms with van der Waals surface area (Å²) in [6, 6.07) is 10.8. The minimum atomic E-state index is -0.206. The predicted molar refractivity (Wildman–Crippen MR) is 112 cm³/mol. The van der Waals surface area contributed by atoms with Crippen LogP contribution in [0.1, 0.15) is 18.2 Å². The fraction of sp³-hybridized carbons (Fsp3) is 0.318. The molecule has 9 heteroatoms. The number of aromatic nitrogens is 2. The number of rotatable bonds is 7. The number of carbonyl (C=O) groups is 1. The van der Waals surface area contributed by atoms with Crippen molar-refractivity contribution in [2.24, 2.45) is 0 Å². The van der Waals surface area contributed by atoms with Crippen LogP contribution < -0.4 is 23.8 Å². The first-order valence-electron chi connectivity index (χ1n) is 9.66. The van der Waals surface area contributed by atoms with Crippen molar-refractivity contribution in [3.05, 3.63) is 42.3 Å². The molecule has 2 aromatic carbocycles. The zero-order valence-electron chi connectivity index (χ0n) is 17.7. The van der Waals surface area contributed by atoms with Gasteiger partial charge in [0.2, 0.25) is 17.6 Å². The van der Waals surface area contributed by atoms with Gasteiger partial charge in [-0.15, -0.1) is 0 Å². The molecule has 0 spiro atoms. The van der Waals surface area contributed by atoms with E-state index in [1.165, 1.54) is 0 Å². The zero-order chi connectivity index (χ0) is 22.0. The Balaban J connectivity index is 1.55. The van der Waals surface area contributed by atoms with Crippen molar-refractivity contribution in [2.45, 2.75) is 12.3 Å². The maximum Gasteiger partial charge on any atom is 0.232 e. The summed E-state index contributed by atoms with van der Waals surface area (Å²) < 4.78 is 26.7. The van der Waals surface area contributed by atoms with Gasteiger partial charge in [0, 0.05) is 30.3 Å². The quantitative estimate of drug-likeness (QED) is 0.569. The van der Waals surface area contributed by atoms with E-state index in [2.05, 4.69) is 10.1 Å². The van der Waals surface area contributed by atoms with Gasteiger partial charge in [-0.1, -0.05) is 5.16 Å². The number of carbonyl (C=O) groups excluding carboxylic acids is 1. The van der Waals surface area contributed by atoms with Gasteiger partial charge in [-0.25, -0.2) is 0 Å². The Bertz CT molecular complexity index is 1100. The van der Waals surface area contributed by atoms with Crippen LogP contribution in [0.3, 0.4) is 0 Å². The summed E-state index contributed by atoms with van der Waals surface area (Å²) in [6.45, 7) is 0.432. The van der Waals surface area contributed by atoms with Crippen molar-refractivity contribution in [3.63, 3.8) is 0 Å². The Morgan fingerprint density at radius 2 is 1.55 bits per heavy atom. The lowest BCUT2D eigenvalue weighted by Gasteiger charge is -2.18. The summed E-state index contributed by atoms with van der Waals surface area (Å²) in [7, 11) is 6.27. The highest BCUT2D eigenvalue weighted by molar-refractivity contribution is 5.96. The Morgan fingerprint density at radius 3 is 2.23 bits per heavy atom. The molecule has 1 aromatic heterocycles. The van der Waals surface area contributed by atoms with Gasteiger partial charge in [0.15, 0.2) is 23.0 Å². The number of nitrogens with zero attached hydrogens (tertiary/aromatic N) is 3. The molecule has 0 saturated carbocycles. The molecule has 0 radical (unpaired) electrons. The first-order chi connectivity index (χ1) is 15.1. The van der Waals surface area contributed by atoms with E-state index in [1.807, 2.05) is 12.1 Å². The largest absolute Gasteiger partial charge is 0.493 e. The fourth-order valence-corrected chi connectivity index (χ4v) is 3.61. The monoisotopic (exact) mass is 425 g/mol. The van der Waals surface area contributed by atoms with E-state index in [0.29, 0.717) is 41.3 Å². The Kier molecular flexibility index (Phi) is 5.66. The third-order valence-corrected chi connectivity index (χ3v) is 5.24. The van der Waals surface area contributed by atoms with Crippen LogP contribution in [-0.4, -0.2) is 51.0 Å². The smallest absolute Gasteiger partial charge is 0.232 e. The molecule has 1 aliphatic heterocycles. The van der Waals surface area contributed by atoms with Crippen LogP contribution in [-0.2, 0) is 4.79 Å². The summed E-state index contributed by atoms with van der Waals surface area (Å²) in [5.74, 6) is 2.96. The molecule has 1 amide bonds. The summed E-state index contributed by atoms with van der Waals surface area (Å²) >= 11 is 0. The lowest BCUT2D eigenvalue weighted by Crippen LogP contribution is -2.24. The molecule has 0 N–H and O–H groups in total. The molecule has 162 valence electrons. The molecule has 2 heterocycles. The number of hydrogen-bond donors (Lipinski definition) is 0. The van der Waals surface area contributed by atoms with Gasteiger partial charge in [-0.3, -0.25) is 4.79 Å². The van der Waals surface area contributed by atoms with Crippen molar-refractivity contribution < 1.29 is 28.3 Å². The second kappa shape index (κ2) is 8.55. The van der Waals surface area contributed by atoms with E-state index >= 15 is 0 Å². The van der Waals surface area contributed by atoms with Gasteiger partial charge < -0.3 is 28.4 Å². The van der Waals surface area contributed by atoms with Crippen LogP contribution >= 0.6 is 0 Å². The van der Waals surface area contributed by atoms with Gasteiger partial charge >= 0.3 is 0 Å². The third-order valence-electron chi connectivity index (χ3n) is 5.24. The zero-order valence-corrected chi connectivity index (χ0v) is 17.7. The fourth-order valence-electron chi connectivity index (χ4n) is 3.61. The molecule has 3 aromatic rings. The van der Waals surface area contributed by atoms with Crippen molar-refractivity contribution in [1.82, 2.24) is 10.1 Å². The second-order valence-electron chi connectivity index (χ2n) is 6.97. The molecule has 4 rings (SSSR count). The van der Waals surface area contributed by atoms with Crippen LogP contribution in [0.25, 0.3) is 11.4 Å². The molecule has 0 aliphatic carbocycles. The first kappa shape index (κ1) is 20.5. The topological polar surface area (TPSA) is 96.2 Å². The van der Waals surface area contributed by atoms with Crippen LogP contribution in [0.2, 0.25) is 0 Å². The van der Waals surface area contributed by atoms with E-state index < -0.39 is 0 Å². The van der Waals surface area contributed by atoms with E-state index in [4.69, 9.17) is 23.5 Å². The van der Waals surface area contributed by atoms with E-state index in [9.17, 15) is 4.79 Å². The normalized spacial score (nSPS) is 15.8. The highest BCUT2D eigenvalue weighted by atomic mass is 16.5. The summed E-state index contributed by atoms with van der Waals surface area (Å²) in [6.07, 6.45) is 0.280. The molecule has 1 atom stereocenters. The summed E-state index contributed by atoms with van der Waals surface area (Å²) in [5.41, 5.74) is 1.46. The lowest BCUT2D eigenvalue weighted by molar-refractivity contribution is -0.117. The van der Waals surface area contributed by atoms with Gasteiger partial charge in [0.25, 0.3) is 0 Å². The molecule has 0 unspecified atom stereocenters. The van der Waals surface area contributed by atoms with Gasteiger partial charge in [0.05, 0.1) is 34.4 Å². The van der Waals surface area contributed by atoms with Crippen LogP contribution in [0.5, 0.6) is 23.0 Å². The Hall–Kier alpha value is -3.75. The third kappa shape index (κ3) is 3.86. The minimum Gasteiger partial charge on any atom is -0.493 e. The highest BCUT2D eigenvalue weighted by Gasteiger charge is 2.35. The average molecular weight is 425 g/mol. The number of amides is 1. The van der Waals surface area contributed by atoms with Gasteiger partial charge in [0.1, 0.15) is 0 Å². The van der Waals surface area contributed by atoms with Crippen LogP contribution in [0.4, 0.5) is 5.69 Å². The maximum absolute atomic E-state index is 12.7.